The van der Waals surface area contributed by atoms with Crippen LogP contribution < -0.4 is 50.4 Å². The number of nitrogens with one attached hydrogen (secondary N) is 1. The lowest BCUT2D eigenvalue weighted by Crippen LogP contribution is -3.00. The summed E-state index contributed by atoms with van der Waals surface area (Å²) in [5, 5.41) is 0. The average molecular weight is 388 g/mol. The summed E-state index contributed by atoms with van der Waals surface area (Å²) in [7, 11) is 0. The van der Waals surface area contributed by atoms with E-state index >= 15 is 0 Å². The van der Waals surface area contributed by atoms with Gasteiger partial charge in [0.2, 0.25) is 5.69 Å². The highest BCUT2D eigenvalue weighted by Gasteiger charge is 2.04. The number of aromatic amines is 1. The molecule has 1 heterocycles. The molecular weight excluding hydrogens is 372 g/mol. The summed E-state index contributed by atoms with van der Waals surface area (Å²) in [5.41, 5.74) is 12.6. The van der Waals surface area contributed by atoms with Crippen LogP contribution in [0.5, 0.6) is 0 Å². The Morgan fingerprint density at radius 3 is 2.58 bits per heavy atom. The standard InChI is InChI=1S/C13H14N4.2BrH/c14-9-10-4-3-5-11(8-10)17-13(15)12-6-1-2-7-16-12;;/h1-8H,9,14H2,(H2,15,17);2*1H. The number of aromatic nitrogens is 1. The molecule has 6 N–H and O–H groups in total. The van der Waals surface area contributed by atoms with E-state index in [0.717, 1.165) is 23.5 Å². The summed E-state index contributed by atoms with van der Waals surface area (Å²) in [6.07, 6.45) is 1.82. The zero-order chi connectivity index (χ0) is 12.1. The number of amidine groups is 1. The van der Waals surface area contributed by atoms with Gasteiger partial charge < -0.3 is 45.4 Å². The number of quaternary nitrogens is 1. The summed E-state index contributed by atoms with van der Waals surface area (Å²) >= 11 is 0. The molecular formula is C13H16Br2N4. The third kappa shape index (κ3) is 5.10. The summed E-state index contributed by atoms with van der Waals surface area (Å²) in [5.74, 6) is 0.479. The molecule has 6 heteroatoms. The number of hydrogen-bond donors (Lipinski definition) is 2. The molecule has 0 fully saturated rings. The second kappa shape index (κ2) is 8.79. The number of H-pyrrole nitrogens is 1. The molecule has 0 unspecified atom stereocenters. The Kier molecular flexibility index (Phi) is 8.22. The molecule has 19 heavy (non-hydrogen) atoms. The smallest absolute Gasteiger partial charge is 0.246 e. The first-order valence-electron chi connectivity index (χ1n) is 5.49. The molecule has 0 bridgehead atoms. The molecule has 0 spiro atoms. The van der Waals surface area contributed by atoms with Crippen LogP contribution in [0.25, 0.3) is 0 Å². The topological polar surface area (TPSA) is 80.2 Å². The van der Waals surface area contributed by atoms with Crippen molar-refractivity contribution in [2.24, 2.45) is 10.7 Å². The van der Waals surface area contributed by atoms with E-state index in [1.807, 2.05) is 48.7 Å². The van der Waals surface area contributed by atoms with Crippen molar-refractivity contribution in [3.8, 4) is 0 Å². The van der Waals surface area contributed by atoms with Crippen molar-refractivity contribution < 1.29 is 44.7 Å². The fraction of sp³-hybridized carbons (Fsp3) is 0.0769. The summed E-state index contributed by atoms with van der Waals surface area (Å²) in [6, 6.07) is 13.6. The van der Waals surface area contributed by atoms with Crippen LogP contribution in [0, 0.1) is 0 Å². The summed E-state index contributed by atoms with van der Waals surface area (Å²) in [4.78, 5) is 7.42. The number of benzene rings is 1. The van der Waals surface area contributed by atoms with E-state index in [4.69, 9.17) is 5.73 Å². The van der Waals surface area contributed by atoms with E-state index in [1.165, 1.54) is 0 Å². The van der Waals surface area contributed by atoms with Gasteiger partial charge in [-0.1, -0.05) is 12.1 Å². The van der Waals surface area contributed by atoms with Crippen LogP contribution >= 0.6 is 0 Å². The molecule has 0 atom stereocenters. The van der Waals surface area contributed by atoms with Crippen molar-refractivity contribution in [3.63, 3.8) is 0 Å². The van der Waals surface area contributed by atoms with Gasteiger partial charge in [0.1, 0.15) is 0 Å². The van der Waals surface area contributed by atoms with Gasteiger partial charge in [-0.25, -0.2) is 9.98 Å². The quantitative estimate of drug-likeness (QED) is 0.399. The number of aliphatic imine (C=N–C) groups is 1. The van der Waals surface area contributed by atoms with Gasteiger partial charge in [-0.15, -0.1) is 0 Å². The molecule has 0 amide bonds. The normalized spacial score (nSPS) is 10.3. The molecule has 102 valence electrons. The lowest BCUT2D eigenvalue weighted by Gasteiger charge is -1.98. The fourth-order valence-electron chi connectivity index (χ4n) is 1.53. The molecule has 0 saturated heterocycles. The van der Waals surface area contributed by atoms with E-state index in [9.17, 15) is 0 Å². The molecule has 2 aromatic rings. The first-order valence-corrected chi connectivity index (χ1v) is 5.49. The largest absolute Gasteiger partial charge is 1.00 e. The number of halogens is 2. The summed E-state index contributed by atoms with van der Waals surface area (Å²) < 4.78 is 0. The van der Waals surface area contributed by atoms with Gasteiger partial charge in [-0.3, -0.25) is 0 Å². The van der Waals surface area contributed by atoms with Crippen LogP contribution in [-0.2, 0) is 6.54 Å². The van der Waals surface area contributed by atoms with Gasteiger partial charge in [0.25, 0.3) is 0 Å². The maximum absolute atomic E-state index is 5.92. The van der Waals surface area contributed by atoms with Crippen LogP contribution in [-0.4, -0.2) is 5.84 Å². The van der Waals surface area contributed by atoms with Crippen molar-refractivity contribution in [1.82, 2.24) is 0 Å². The molecule has 0 aliphatic heterocycles. The molecule has 0 aliphatic carbocycles. The van der Waals surface area contributed by atoms with E-state index in [0.29, 0.717) is 5.84 Å². The molecule has 4 nitrogen and oxygen atoms in total. The third-order valence-electron chi connectivity index (χ3n) is 2.43. The van der Waals surface area contributed by atoms with Gasteiger partial charge in [-0.05, 0) is 18.2 Å². The predicted molar refractivity (Wildman–Crippen MR) is 66.4 cm³/mol. The predicted octanol–water partition coefficient (Wildman–Crippen LogP) is -5.71. The van der Waals surface area contributed by atoms with Crippen molar-refractivity contribution in [2.45, 2.75) is 6.54 Å². The molecule has 0 radical (unpaired) electrons. The number of nitrogens with zero attached hydrogens (tertiary/aromatic N) is 1. The Hall–Kier alpha value is -1.24. The Bertz CT molecular complexity index is 529. The minimum Gasteiger partial charge on any atom is -1.00 e. The Morgan fingerprint density at radius 1 is 1.16 bits per heavy atom. The van der Waals surface area contributed by atoms with Crippen molar-refractivity contribution in [3.05, 3.63) is 59.9 Å². The second-order valence-corrected chi connectivity index (χ2v) is 3.69. The van der Waals surface area contributed by atoms with Gasteiger partial charge in [0, 0.05) is 17.7 Å². The average Bonchev–Trinajstić information content (AvgIpc) is 2.40. The van der Waals surface area contributed by atoms with Crippen LogP contribution in [0.1, 0.15) is 11.3 Å². The monoisotopic (exact) mass is 386 g/mol. The van der Waals surface area contributed by atoms with Gasteiger partial charge >= 0.3 is 0 Å². The van der Waals surface area contributed by atoms with E-state index in [-0.39, 0.29) is 34.0 Å². The number of hydrogen-bond acceptors (Lipinski definition) is 1. The van der Waals surface area contributed by atoms with E-state index in [2.05, 4.69) is 15.7 Å². The van der Waals surface area contributed by atoms with Crippen LogP contribution in [0.2, 0.25) is 0 Å². The Labute approximate surface area is 133 Å². The number of rotatable bonds is 3. The first kappa shape index (κ1) is 17.8. The minimum absolute atomic E-state index is 0. The van der Waals surface area contributed by atoms with Gasteiger partial charge in [0.15, 0.2) is 12.0 Å². The fourth-order valence-corrected chi connectivity index (χ4v) is 1.53. The number of nitrogens with two attached hydrogens (primary N) is 1. The van der Waals surface area contributed by atoms with E-state index < -0.39 is 0 Å². The third-order valence-corrected chi connectivity index (χ3v) is 2.43. The van der Waals surface area contributed by atoms with Crippen LogP contribution in [0.15, 0.2) is 53.7 Å². The number of pyridine rings is 1. The first-order chi connectivity index (χ1) is 8.29. The highest BCUT2D eigenvalue weighted by Crippen LogP contribution is 2.13. The van der Waals surface area contributed by atoms with Crippen molar-refractivity contribution >= 4 is 11.5 Å². The van der Waals surface area contributed by atoms with Crippen LogP contribution in [0.3, 0.4) is 0 Å². The van der Waals surface area contributed by atoms with E-state index in [1.54, 1.807) is 0 Å². The maximum atomic E-state index is 5.92. The van der Waals surface area contributed by atoms with Crippen molar-refractivity contribution in [2.75, 3.05) is 0 Å². The molecule has 0 aliphatic rings. The summed E-state index contributed by atoms with van der Waals surface area (Å²) in [6.45, 7) is 0.751. The second-order valence-electron chi connectivity index (χ2n) is 3.69. The molecule has 0 saturated carbocycles. The van der Waals surface area contributed by atoms with Crippen LogP contribution in [0.4, 0.5) is 5.69 Å². The lowest BCUT2D eigenvalue weighted by molar-refractivity contribution is -0.386. The van der Waals surface area contributed by atoms with Crippen molar-refractivity contribution in [1.29, 1.82) is 0 Å². The maximum Gasteiger partial charge on any atom is 0.246 e. The zero-order valence-corrected chi connectivity index (χ0v) is 13.5. The highest BCUT2D eigenvalue weighted by atomic mass is 79.9. The molecule has 1 aromatic heterocycles. The minimum atomic E-state index is 0. The Balaban J connectivity index is 0.00000162. The van der Waals surface area contributed by atoms with Gasteiger partial charge in [0.05, 0.1) is 12.2 Å². The van der Waals surface area contributed by atoms with Gasteiger partial charge in [-0.2, -0.15) is 0 Å². The Morgan fingerprint density at radius 2 is 1.95 bits per heavy atom. The molecule has 1 aromatic carbocycles. The SMILES string of the molecule is NC(=Nc1cccc(C[NH3+])c1)c1cccc[nH+]1.[Br-].[Br-]. The molecule has 2 rings (SSSR count). The lowest BCUT2D eigenvalue weighted by atomic mass is 10.2. The highest BCUT2D eigenvalue weighted by molar-refractivity contribution is 5.95. The zero-order valence-electron chi connectivity index (χ0n) is 10.3.